The van der Waals surface area contributed by atoms with Crippen molar-refractivity contribution in [2.24, 2.45) is 0 Å². The van der Waals surface area contributed by atoms with Crippen molar-refractivity contribution in [3.63, 3.8) is 0 Å². The van der Waals surface area contributed by atoms with Crippen LogP contribution in [0.25, 0.3) is 0 Å². The maximum atomic E-state index is 12.0. The molecule has 0 bridgehead atoms. The summed E-state index contributed by atoms with van der Waals surface area (Å²) in [4.78, 5) is 23.9. The zero-order chi connectivity index (χ0) is 15.3. The summed E-state index contributed by atoms with van der Waals surface area (Å²) in [5.74, 6) is -3.75. The van der Waals surface area contributed by atoms with Gasteiger partial charge in [0, 0.05) is 0 Å². The Morgan fingerprint density at radius 3 is 1.48 bits per heavy atom. The molecule has 0 aromatic heterocycles. The standard InChI is InChI=1S/C15H13O4PSe/c1-20(21,18-14(16)12-8-4-2-5-9-12)19-15(17)13-10-6-3-7-11-13/h2-11H,1H3. The summed E-state index contributed by atoms with van der Waals surface area (Å²) in [6.45, 7) is 1.58. The van der Waals surface area contributed by atoms with Gasteiger partial charge >= 0.3 is 130 Å². The molecule has 0 N–H and O–H groups in total. The van der Waals surface area contributed by atoms with Gasteiger partial charge in [-0.05, 0) is 0 Å². The summed E-state index contributed by atoms with van der Waals surface area (Å²) < 4.78 is 10.6. The normalized spacial score (nSPS) is 10.7. The quantitative estimate of drug-likeness (QED) is 0.615. The first-order chi connectivity index (χ1) is 9.98. The van der Waals surface area contributed by atoms with Crippen molar-refractivity contribution in [1.29, 1.82) is 0 Å². The van der Waals surface area contributed by atoms with Crippen LogP contribution in [0.1, 0.15) is 20.7 Å². The van der Waals surface area contributed by atoms with Crippen molar-refractivity contribution >= 4 is 33.0 Å². The Balaban J connectivity index is 2.04. The van der Waals surface area contributed by atoms with Gasteiger partial charge in [-0.2, -0.15) is 0 Å². The predicted molar refractivity (Wildman–Crippen MR) is 82.3 cm³/mol. The summed E-state index contributed by atoms with van der Waals surface area (Å²) in [6.07, 6.45) is 0. The van der Waals surface area contributed by atoms with Gasteiger partial charge < -0.3 is 0 Å². The van der Waals surface area contributed by atoms with E-state index in [4.69, 9.17) is 9.05 Å². The molecule has 2 rings (SSSR count). The Morgan fingerprint density at radius 1 is 0.810 bits per heavy atom. The van der Waals surface area contributed by atoms with Crippen molar-refractivity contribution in [3.05, 3.63) is 71.8 Å². The Labute approximate surface area is 130 Å². The zero-order valence-electron chi connectivity index (χ0n) is 11.3. The second-order valence-electron chi connectivity index (χ2n) is 4.26. The van der Waals surface area contributed by atoms with E-state index < -0.39 is 17.9 Å². The van der Waals surface area contributed by atoms with Gasteiger partial charge in [0.15, 0.2) is 0 Å². The summed E-state index contributed by atoms with van der Waals surface area (Å²) in [5, 5.41) is 0. The second-order valence-corrected chi connectivity index (χ2v) is 10.3. The molecule has 0 radical (unpaired) electrons. The van der Waals surface area contributed by atoms with Gasteiger partial charge in [0.25, 0.3) is 0 Å². The molecule has 0 unspecified atom stereocenters. The van der Waals surface area contributed by atoms with Gasteiger partial charge in [-0.15, -0.1) is 0 Å². The summed E-state index contributed by atoms with van der Waals surface area (Å²) in [6, 6.07) is 17.1. The Hall–Kier alpha value is -1.67. The van der Waals surface area contributed by atoms with Gasteiger partial charge in [-0.25, -0.2) is 0 Å². The van der Waals surface area contributed by atoms with Crippen LogP contribution in [0.15, 0.2) is 60.7 Å². The molecule has 0 aliphatic carbocycles. The number of hydrogen-bond acceptors (Lipinski definition) is 4. The molecule has 108 valence electrons. The fraction of sp³-hybridized carbons (Fsp3) is 0.0667. The fourth-order valence-electron chi connectivity index (χ4n) is 1.57. The van der Waals surface area contributed by atoms with Gasteiger partial charge in [0.2, 0.25) is 0 Å². The summed E-state index contributed by atoms with van der Waals surface area (Å²) >= 11 is 2.68. The first-order valence-electron chi connectivity index (χ1n) is 6.13. The number of carbonyl (C=O) groups excluding carboxylic acids is 2. The summed E-state index contributed by atoms with van der Waals surface area (Å²) in [5.41, 5.74) is 0.824. The van der Waals surface area contributed by atoms with Crippen molar-refractivity contribution in [3.8, 4) is 0 Å². The molecule has 0 saturated carbocycles. The van der Waals surface area contributed by atoms with E-state index in [0.29, 0.717) is 11.1 Å². The molecule has 0 saturated heterocycles. The van der Waals surface area contributed by atoms with Crippen molar-refractivity contribution < 1.29 is 18.6 Å². The molecule has 0 aliphatic rings. The number of carbonyl (C=O) groups is 2. The molecule has 21 heavy (non-hydrogen) atoms. The molecule has 0 aliphatic heterocycles. The minimum absolute atomic E-state index is 0.412. The van der Waals surface area contributed by atoms with Gasteiger partial charge in [-0.1, -0.05) is 0 Å². The second kappa shape index (κ2) is 6.86. The van der Waals surface area contributed by atoms with Crippen LogP contribution in [0.5, 0.6) is 0 Å². The SMILES string of the molecule is CP(=[Se])(OC(=O)c1ccccc1)OC(=O)c1ccccc1. The summed E-state index contributed by atoms with van der Waals surface area (Å²) in [7, 11) is 0. The van der Waals surface area contributed by atoms with Crippen molar-refractivity contribution in [1.82, 2.24) is 0 Å². The van der Waals surface area contributed by atoms with Crippen molar-refractivity contribution in [2.75, 3.05) is 6.66 Å². The van der Waals surface area contributed by atoms with Crippen LogP contribution in [-0.2, 0) is 9.05 Å². The zero-order valence-corrected chi connectivity index (χ0v) is 13.9. The first kappa shape index (κ1) is 15.7. The molecule has 0 spiro atoms. The molecule has 4 nitrogen and oxygen atoms in total. The fourth-order valence-corrected chi connectivity index (χ4v) is 3.28. The number of benzene rings is 2. The monoisotopic (exact) mass is 368 g/mol. The van der Waals surface area contributed by atoms with Crippen LogP contribution in [0.2, 0.25) is 0 Å². The van der Waals surface area contributed by atoms with Crippen LogP contribution in [0.3, 0.4) is 0 Å². The predicted octanol–water partition coefficient (Wildman–Crippen LogP) is 3.26. The Kier molecular flexibility index (Phi) is 5.13. The van der Waals surface area contributed by atoms with Crippen LogP contribution in [0.4, 0.5) is 0 Å². The third kappa shape index (κ3) is 4.68. The minimum atomic E-state index is -2.71. The molecule has 0 heterocycles. The van der Waals surface area contributed by atoms with Crippen LogP contribution in [-0.4, -0.2) is 33.7 Å². The molecular weight excluding hydrogens is 354 g/mol. The molecule has 6 heteroatoms. The third-order valence-corrected chi connectivity index (χ3v) is 4.45. The van der Waals surface area contributed by atoms with E-state index in [2.05, 4.69) is 15.1 Å². The van der Waals surface area contributed by atoms with E-state index in [9.17, 15) is 9.59 Å². The maximum absolute atomic E-state index is 12.0. The molecule has 0 atom stereocenters. The van der Waals surface area contributed by atoms with Crippen LogP contribution in [0, 0.1) is 0 Å². The van der Waals surface area contributed by atoms with Gasteiger partial charge in [0.1, 0.15) is 0 Å². The van der Waals surface area contributed by atoms with Gasteiger partial charge in [0.05, 0.1) is 0 Å². The molecule has 0 amide bonds. The number of hydrogen-bond donors (Lipinski definition) is 0. The van der Waals surface area contributed by atoms with Crippen molar-refractivity contribution in [2.45, 2.75) is 0 Å². The van der Waals surface area contributed by atoms with Crippen LogP contribution >= 0.6 is 5.96 Å². The average Bonchev–Trinajstić information content (AvgIpc) is 2.48. The van der Waals surface area contributed by atoms with Gasteiger partial charge in [-0.3, -0.25) is 0 Å². The Bertz CT molecular complexity index is 628. The molecule has 2 aromatic rings. The van der Waals surface area contributed by atoms with E-state index in [0.717, 1.165) is 0 Å². The van der Waals surface area contributed by atoms with E-state index in [1.807, 2.05) is 0 Å². The Morgan fingerprint density at radius 2 is 1.14 bits per heavy atom. The van der Waals surface area contributed by atoms with E-state index in [1.165, 1.54) is 0 Å². The molecular formula is C15H13O4PSe. The van der Waals surface area contributed by atoms with Crippen LogP contribution < -0.4 is 0 Å². The van der Waals surface area contributed by atoms with E-state index in [-0.39, 0.29) is 0 Å². The number of rotatable bonds is 4. The van der Waals surface area contributed by atoms with E-state index >= 15 is 0 Å². The molecule has 0 fully saturated rings. The molecule has 2 aromatic carbocycles. The first-order valence-corrected chi connectivity index (χ1v) is 10.4. The topological polar surface area (TPSA) is 52.6 Å². The third-order valence-electron chi connectivity index (χ3n) is 2.52. The van der Waals surface area contributed by atoms with E-state index in [1.54, 1.807) is 67.3 Å². The average molecular weight is 367 g/mol.